The molecule has 0 saturated carbocycles. The Morgan fingerprint density at radius 2 is 2.03 bits per heavy atom. The molecule has 1 amide bonds. The summed E-state index contributed by atoms with van der Waals surface area (Å²) in [5, 5.41) is 11.6. The van der Waals surface area contributed by atoms with Gasteiger partial charge in [0.15, 0.2) is 5.11 Å². The van der Waals surface area contributed by atoms with Crippen LogP contribution in [-0.4, -0.2) is 36.0 Å². The summed E-state index contributed by atoms with van der Waals surface area (Å²) < 4.78 is 12.3. The fourth-order valence-corrected chi connectivity index (χ4v) is 3.05. The molecule has 29 heavy (non-hydrogen) atoms. The monoisotopic (exact) mass is 478 g/mol. The summed E-state index contributed by atoms with van der Waals surface area (Å²) in [5.41, 5.74) is 3.45. The van der Waals surface area contributed by atoms with Crippen molar-refractivity contribution in [2.75, 3.05) is 25.7 Å². The van der Waals surface area contributed by atoms with E-state index in [0.717, 1.165) is 4.68 Å². The van der Waals surface area contributed by atoms with Gasteiger partial charge in [-0.1, -0.05) is 15.9 Å². The number of ether oxygens (including phenoxy) is 2. The number of halogens is 1. The van der Waals surface area contributed by atoms with Crippen LogP contribution in [0.1, 0.15) is 27.2 Å². The van der Waals surface area contributed by atoms with Crippen LogP contribution in [0.3, 0.4) is 0 Å². The average molecular weight is 479 g/mol. The number of rotatable bonds is 6. The Labute approximate surface area is 181 Å². The van der Waals surface area contributed by atoms with Crippen molar-refractivity contribution in [3.8, 4) is 11.8 Å². The lowest BCUT2D eigenvalue weighted by Crippen LogP contribution is -2.43. The molecule has 1 heterocycles. The predicted molar refractivity (Wildman–Crippen MR) is 116 cm³/mol. The molecule has 0 aliphatic carbocycles. The van der Waals surface area contributed by atoms with Crippen LogP contribution in [0.25, 0.3) is 0 Å². The SMILES string of the molecule is COCCOc1ccc(Br)cc1C(=O)NC(=S)Nn1c(C)cc(C)c(C#N)c1=O. The van der Waals surface area contributed by atoms with Crippen LogP contribution < -0.4 is 21.0 Å². The number of aryl methyl sites for hydroxylation is 2. The van der Waals surface area contributed by atoms with Gasteiger partial charge < -0.3 is 9.47 Å². The Morgan fingerprint density at radius 1 is 1.31 bits per heavy atom. The molecule has 0 fully saturated rings. The lowest BCUT2D eigenvalue weighted by atomic mass is 10.1. The Balaban J connectivity index is 2.21. The number of hydrogen-bond donors (Lipinski definition) is 2. The van der Waals surface area contributed by atoms with E-state index in [0.29, 0.717) is 28.1 Å². The lowest BCUT2D eigenvalue weighted by Gasteiger charge is -2.16. The number of pyridine rings is 1. The van der Waals surface area contributed by atoms with Crippen molar-refractivity contribution in [1.82, 2.24) is 9.99 Å². The van der Waals surface area contributed by atoms with Gasteiger partial charge in [-0.2, -0.15) is 5.26 Å². The zero-order chi connectivity index (χ0) is 21.6. The zero-order valence-corrected chi connectivity index (χ0v) is 18.4. The molecule has 1 aromatic carbocycles. The summed E-state index contributed by atoms with van der Waals surface area (Å²) in [7, 11) is 1.55. The summed E-state index contributed by atoms with van der Waals surface area (Å²) in [4.78, 5) is 25.1. The molecule has 0 radical (unpaired) electrons. The van der Waals surface area contributed by atoms with Crippen molar-refractivity contribution in [2.45, 2.75) is 13.8 Å². The van der Waals surface area contributed by atoms with Crippen molar-refractivity contribution in [3.63, 3.8) is 0 Å². The molecule has 0 atom stereocenters. The molecular weight excluding hydrogens is 460 g/mol. The van der Waals surface area contributed by atoms with Gasteiger partial charge in [0.2, 0.25) is 0 Å². The Kier molecular flexibility index (Phi) is 7.90. The van der Waals surface area contributed by atoms with Crippen LogP contribution in [0.4, 0.5) is 0 Å². The van der Waals surface area contributed by atoms with Gasteiger partial charge in [0.1, 0.15) is 24.0 Å². The summed E-state index contributed by atoms with van der Waals surface area (Å²) in [6.07, 6.45) is 0. The van der Waals surface area contributed by atoms with Gasteiger partial charge in [-0.25, -0.2) is 4.68 Å². The Hall–Kier alpha value is -2.74. The maximum absolute atomic E-state index is 12.7. The van der Waals surface area contributed by atoms with Crippen molar-refractivity contribution < 1.29 is 14.3 Å². The number of nitrogens with one attached hydrogen (secondary N) is 2. The van der Waals surface area contributed by atoms with Gasteiger partial charge in [-0.15, -0.1) is 0 Å². The van der Waals surface area contributed by atoms with E-state index in [2.05, 4.69) is 26.7 Å². The number of nitrogens with zero attached hydrogens (tertiary/aromatic N) is 2. The standard InChI is InChI=1S/C19H19BrN4O4S/c1-11-8-12(2)24(18(26)15(11)10-21)23-19(29)22-17(25)14-9-13(20)4-5-16(14)28-7-6-27-3/h4-5,8-9H,6-7H2,1-3H3,(H2,22,23,25,29). The number of carbonyl (C=O) groups is 1. The van der Waals surface area contributed by atoms with Crippen molar-refractivity contribution >= 4 is 39.2 Å². The van der Waals surface area contributed by atoms with E-state index in [9.17, 15) is 9.59 Å². The van der Waals surface area contributed by atoms with E-state index >= 15 is 0 Å². The minimum Gasteiger partial charge on any atom is -0.490 e. The summed E-state index contributed by atoms with van der Waals surface area (Å²) in [6.45, 7) is 4.00. The van der Waals surface area contributed by atoms with E-state index in [1.54, 1.807) is 45.2 Å². The van der Waals surface area contributed by atoms with Crippen molar-refractivity contribution in [2.24, 2.45) is 0 Å². The van der Waals surface area contributed by atoms with E-state index in [4.69, 9.17) is 27.0 Å². The molecule has 8 nitrogen and oxygen atoms in total. The van der Waals surface area contributed by atoms with Crippen molar-refractivity contribution in [1.29, 1.82) is 5.26 Å². The summed E-state index contributed by atoms with van der Waals surface area (Å²) in [6, 6.07) is 8.54. The number of benzene rings is 1. The van der Waals surface area contributed by atoms with E-state index in [-0.39, 0.29) is 22.8 Å². The van der Waals surface area contributed by atoms with E-state index < -0.39 is 11.5 Å². The second-order valence-corrected chi connectivity index (χ2v) is 7.30. The summed E-state index contributed by atoms with van der Waals surface area (Å²) in [5.74, 6) is -0.157. The molecule has 0 unspecified atom stereocenters. The van der Waals surface area contributed by atoms with Crippen LogP contribution in [0.5, 0.6) is 5.75 Å². The maximum Gasteiger partial charge on any atom is 0.287 e. The van der Waals surface area contributed by atoms with Gasteiger partial charge in [0.05, 0.1) is 12.2 Å². The van der Waals surface area contributed by atoms with Gasteiger partial charge >= 0.3 is 0 Å². The van der Waals surface area contributed by atoms with Crippen LogP contribution in [0.2, 0.25) is 0 Å². The minimum atomic E-state index is -0.548. The normalized spacial score (nSPS) is 10.2. The first-order valence-electron chi connectivity index (χ1n) is 8.45. The minimum absolute atomic E-state index is 0.00181. The predicted octanol–water partition coefficient (Wildman–Crippen LogP) is 2.38. The van der Waals surface area contributed by atoms with Crippen LogP contribution in [0, 0.1) is 25.2 Å². The third kappa shape index (κ3) is 5.63. The maximum atomic E-state index is 12.7. The second kappa shape index (κ2) is 10.2. The first-order valence-corrected chi connectivity index (χ1v) is 9.65. The molecule has 10 heteroatoms. The fourth-order valence-electron chi connectivity index (χ4n) is 2.51. The molecule has 0 bridgehead atoms. The molecule has 0 saturated heterocycles. The largest absolute Gasteiger partial charge is 0.490 e. The van der Waals surface area contributed by atoms with Gasteiger partial charge in [0, 0.05) is 17.3 Å². The number of aromatic nitrogens is 1. The highest BCUT2D eigenvalue weighted by molar-refractivity contribution is 9.10. The highest BCUT2D eigenvalue weighted by Gasteiger charge is 2.16. The first kappa shape index (κ1) is 22.5. The van der Waals surface area contributed by atoms with Crippen LogP contribution >= 0.6 is 28.1 Å². The lowest BCUT2D eigenvalue weighted by molar-refractivity contribution is 0.0969. The Morgan fingerprint density at radius 3 is 2.69 bits per heavy atom. The highest BCUT2D eigenvalue weighted by Crippen LogP contribution is 2.23. The third-order valence-electron chi connectivity index (χ3n) is 3.87. The summed E-state index contributed by atoms with van der Waals surface area (Å²) >= 11 is 8.49. The molecule has 0 spiro atoms. The number of amides is 1. The molecule has 2 aromatic rings. The molecule has 2 N–H and O–H groups in total. The Bertz CT molecular complexity index is 1050. The number of carbonyl (C=O) groups excluding carboxylic acids is 1. The second-order valence-electron chi connectivity index (χ2n) is 5.97. The molecular formula is C19H19BrN4O4S. The quantitative estimate of drug-likeness (QED) is 0.484. The van der Waals surface area contributed by atoms with Gasteiger partial charge in [0.25, 0.3) is 11.5 Å². The molecule has 152 valence electrons. The van der Waals surface area contributed by atoms with Crippen LogP contribution in [0.15, 0.2) is 33.5 Å². The molecule has 1 aromatic heterocycles. The highest BCUT2D eigenvalue weighted by atomic mass is 79.9. The third-order valence-corrected chi connectivity index (χ3v) is 4.56. The fraction of sp³-hybridized carbons (Fsp3) is 0.263. The van der Waals surface area contributed by atoms with E-state index in [1.165, 1.54) is 0 Å². The van der Waals surface area contributed by atoms with Crippen LogP contribution in [-0.2, 0) is 4.74 Å². The first-order chi connectivity index (χ1) is 13.8. The zero-order valence-electron chi connectivity index (χ0n) is 16.0. The smallest absolute Gasteiger partial charge is 0.287 e. The average Bonchev–Trinajstić information content (AvgIpc) is 2.66. The number of nitriles is 1. The van der Waals surface area contributed by atoms with Gasteiger partial charge in [-0.05, 0) is 55.9 Å². The number of thiocarbonyl (C=S) groups is 1. The molecule has 0 aliphatic heterocycles. The van der Waals surface area contributed by atoms with Gasteiger partial charge in [-0.3, -0.25) is 20.3 Å². The number of methoxy groups -OCH3 is 1. The molecule has 0 aliphatic rings. The molecule has 2 rings (SSSR count). The van der Waals surface area contributed by atoms with E-state index in [1.807, 2.05) is 6.07 Å². The number of hydrogen-bond acceptors (Lipinski definition) is 6. The topological polar surface area (TPSA) is 105 Å². The van der Waals surface area contributed by atoms with Crippen molar-refractivity contribution in [3.05, 3.63) is 61.5 Å².